The normalized spacial score (nSPS) is 24.2. The smallest absolute Gasteiger partial charge is 0.269 e. The van der Waals surface area contributed by atoms with Crippen LogP contribution in [-0.4, -0.2) is 60.6 Å². The molecule has 0 amide bonds. The Morgan fingerprint density at radius 3 is 2.86 bits per heavy atom. The van der Waals surface area contributed by atoms with E-state index in [0.29, 0.717) is 0 Å². The molecule has 3 rings (SSSR count). The maximum atomic E-state index is 12.4. The standard InChI is InChI=1S/C15H24N4O2/c1-2-17-5-3-4-13(12-17)19-15(20)10-14(11-16-19)18-6-8-21-9-7-18/h10-11,13H,2-9,12H2,1H3. The highest BCUT2D eigenvalue weighted by molar-refractivity contribution is 5.43. The van der Waals surface area contributed by atoms with Gasteiger partial charge in [-0.2, -0.15) is 5.10 Å². The third-order valence-electron chi connectivity index (χ3n) is 4.46. The summed E-state index contributed by atoms with van der Waals surface area (Å²) in [6, 6.07) is 1.94. The van der Waals surface area contributed by atoms with E-state index in [4.69, 9.17) is 4.74 Å². The largest absolute Gasteiger partial charge is 0.378 e. The van der Waals surface area contributed by atoms with Crippen molar-refractivity contribution in [3.63, 3.8) is 0 Å². The summed E-state index contributed by atoms with van der Waals surface area (Å²) < 4.78 is 7.02. The number of piperidine rings is 1. The number of ether oxygens (including phenoxy) is 1. The summed E-state index contributed by atoms with van der Waals surface area (Å²) in [5.74, 6) is 0. The minimum Gasteiger partial charge on any atom is -0.378 e. The van der Waals surface area contributed by atoms with E-state index in [0.717, 1.165) is 64.5 Å². The molecule has 116 valence electrons. The Labute approximate surface area is 125 Å². The molecule has 2 saturated heterocycles. The monoisotopic (exact) mass is 292 g/mol. The number of nitrogens with zero attached hydrogens (tertiary/aromatic N) is 4. The number of aromatic nitrogens is 2. The highest BCUT2D eigenvalue weighted by atomic mass is 16.5. The number of rotatable bonds is 3. The van der Waals surface area contributed by atoms with Crippen molar-refractivity contribution in [3.8, 4) is 0 Å². The zero-order valence-corrected chi connectivity index (χ0v) is 12.7. The minimum atomic E-state index is 0.0157. The van der Waals surface area contributed by atoms with E-state index in [1.54, 1.807) is 10.7 Å². The van der Waals surface area contributed by atoms with Crippen molar-refractivity contribution in [2.24, 2.45) is 0 Å². The van der Waals surface area contributed by atoms with Gasteiger partial charge >= 0.3 is 0 Å². The Hall–Kier alpha value is -1.40. The van der Waals surface area contributed by atoms with Gasteiger partial charge in [-0.05, 0) is 25.9 Å². The number of hydrogen-bond donors (Lipinski definition) is 0. The van der Waals surface area contributed by atoms with Crippen LogP contribution in [0, 0.1) is 0 Å². The van der Waals surface area contributed by atoms with Crippen LogP contribution in [0.4, 0.5) is 5.69 Å². The molecule has 0 aromatic carbocycles. The van der Waals surface area contributed by atoms with E-state index in [1.165, 1.54) is 0 Å². The van der Waals surface area contributed by atoms with Gasteiger partial charge in [0.2, 0.25) is 0 Å². The fourth-order valence-corrected chi connectivity index (χ4v) is 3.19. The van der Waals surface area contributed by atoms with Crippen LogP contribution in [0.1, 0.15) is 25.8 Å². The van der Waals surface area contributed by atoms with Crippen molar-refractivity contribution in [2.45, 2.75) is 25.8 Å². The van der Waals surface area contributed by atoms with Crippen LogP contribution in [0.3, 0.4) is 0 Å². The molecule has 0 aliphatic carbocycles. The first kappa shape index (κ1) is 14.5. The number of morpholine rings is 1. The number of hydrogen-bond acceptors (Lipinski definition) is 5. The molecule has 0 saturated carbocycles. The van der Waals surface area contributed by atoms with Crippen LogP contribution in [0.5, 0.6) is 0 Å². The van der Waals surface area contributed by atoms with Crippen LogP contribution in [0.25, 0.3) is 0 Å². The zero-order chi connectivity index (χ0) is 14.7. The van der Waals surface area contributed by atoms with Crippen LogP contribution in [0.15, 0.2) is 17.1 Å². The van der Waals surface area contributed by atoms with Crippen molar-refractivity contribution in [1.29, 1.82) is 0 Å². The van der Waals surface area contributed by atoms with Crippen LogP contribution in [0.2, 0.25) is 0 Å². The Bertz CT molecular complexity index is 525. The lowest BCUT2D eigenvalue weighted by Gasteiger charge is -2.32. The summed E-state index contributed by atoms with van der Waals surface area (Å²) >= 11 is 0. The molecule has 0 spiro atoms. The fraction of sp³-hybridized carbons (Fsp3) is 0.733. The molecule has 0 N–H and O–H groups in total. The van der Waals surface area contributed by atoms with E-state index < -0.39 is 0 Å². The Kier molecular flexibility index (Phi) is 4.55. The molecule has 1 aromatic rings. The molecule has 0 bridgehead atoms. The van der Waals surface area contributed by atoms with Crippen molar-refractivity contribution in [1.82, 2.24) is 14.7 Å². The summed E-state index contributed by atoms with van der Waals surface area (Å²) in [6.45, 7) is 8.37. The van der Waals surface area contributed by atoms with Gasteiger partial charge in [0.25, 0.3) is 5.56 Å². The Morgan fingerprint density at radius 1 is 1.33 bits per heavy atom. The molecule has 2 aliphatic heterocycles. The molecule has 6 heteroatoms. The van der Waals surface area contributed by atoms with Crippen LogP contribution in [-0.2, 0) is 4.74 Å². The van der Waals surface area contributed by atoms with Crippen molar-refractivity contribution in [3.05, 3.63) is 22.6 Å². The highest BCUT2D eigenvalue weighted by Crippen LogP contribution is 2.20. The predicted molar refractivity (Wildman–Crippen MR) is 81.9 cm³/mol. The summed E-state index contributed by atoms with van der Waals surface area (Å²) in [4.78, 5) is 17.0. The van der Waals surface area contributed by atoms with Gasteiger partial charge in [-0.3, -0.25) is 4.79 Å². The number of likely N-dealkylation sites (N-methyl/N-ethyl adjacent to an activating group) is 1. The first-order valence-corrected chi connectivity index (χ1v) is 7.92. The molecule has 21 heavy (non-hydrogen) atoms. The van der Waals surface area contributed by atoms with Gasteiger partial charge in [-0.25, -0.2) is 4.68 Å². The fourth-order valence-electron chi connectivity index (χ4n) is 3.19. The predicted octanol–water partition coefficient (Wildman–Crippen LogP) is 0.737. The molecule has 1 atom stereocenters. The summed E-state index contributed by atoms with van der Waals surface area (Å²) in [5, 5.41) is 4.44. The summed E-state index contributed by atoms with van der Waals surface area (Å²) in [6.07, 6.45) is 4.01. The second-order valence-electron chi connectivity index (χ2n) is 5.79. The van der Waals surface area contributed by atoms with Crippen LogP contribution < -0.4 is 10.5 Å². The lowest BCUT2D eigenvalue weighted by Crippen LogP contribution is -2.41. The quantitative estimate of drug-likeness (QED) is 0.822. The van der Waals surface area contributed by atoms with E-state index >= 15 is 0 Å². The average molecular weight is 292 g/mol. The molecule has 1 aromatic heterocycles. The zero-order valence-electron chi connectivity index (χ0n) is 12.7. The van der Waals surface area contributed by atoms with Crippen LogP contribution >= 0.6 is 0 Å². The second kappa shape index (κ2) is 6.58. The van der Waals surface area contributed by atoms with E-state index in [2.05, 4.69) is 21.8 Å². The van der Waals surface area contributed by atoms with Gasteiger partial charge in [-0.1, -0.05) is 6.92 Å². The van der Waals surface area contributed by atoms with E-state index in [-0.39, 0.29) is 11.6 Å². The van der Waals surface area contributed by atoms with Crippen molar-refractivity contribution < 1.29 is 4.74 Å². The third kappa shape index (κ3) is 3.27. The summed E-state index contributed by atoms with van der Waals surface area (Å²) in [5.41, 5.74) is 0.935. The molecule has 2 aliphatic rings. The molecule has 0 radical (unpaired) electrons. The Balaban J connectivity index is 1.76. The molecular formula is C15H24N4O2. The molecule has 1 unspecified atom stereocenters. The van der Waals surface area contributed by atoms with Crippen molar-refractivity contribution in [2.75, 3.05) is 50.8 Å². The molecule has 6 nitrogen and oxygen atoms in total. The number of likely N-dealkylation sites (tertiary alicyclic amines) is 1. The van der Waals surface area contributed by atoms with Gasteiger partial charge in [0, 0.05) is 25.7 Å². The average Bonchev–Trinajstić information content (AvgIpc) is 2.55. The van der Waals surface area contributed by atoms with Crippen molar-refractivity contribution >= 4 is 5.69 Å². The minimum absolute atomic E-state index is 0.0157. The van der Waals surface area contributed by atoms with E-state index in [9.17, 15) is 4.79 Å². The topological polar surface area (TPSA) is 50.6 Å². The lowest BCUT2D eigenvalue weighted by molar-refractivity contribution is 0.122. The van der Waals surface area contributed by atoms with Gasteiger partial charge in [0.05, 0.1) is 31.1 Å². The first-order valence-electron chi connectivity index (χ1n) is 7.92. The Morgan fingerprint density at radius 2 is 2.14 bits per heavy atom. The highest BCUT2D eigenvalue weighted by Gasteiger charge is 2.22. The second-order valence-corrected chi connectivity index (χ2v) is 5.79. The van der Waals surface area contributed by atoms with Gasteiger partial charge in [0.1, 0.15) is 0 Å². The number of anilines is 1. The maximum absolute atomic E-state index is 12.4. The lowest BCUT2D eigenvalue weighted by atomic mass is 10.1. The van der Waals surface area contributed by atoms with E-state index in [1.807, 2.05) is 6.20 Å². The van der Waals surface area contributed by atoms with Gasteiger partial charge < -0.3 is 14.5 Å². The molecular weight excluding hydrogens is 268 g/mol. The molecule has 3 heterocycles. The summed E-state index contributed by atoms with van der Waals surface area (Å²) in [7, 11) is 0. The maximum Gasteiger partial charge on any atom is 0.269 e. The first-order chi connectivity index (χ1) is 10.3. The third-order valence-corrected chi connectivity index (χ3v) is 4.46. The SMILES string of the molecule is CCN1CCCC(n2ncc(N3CCOCC3)cc2=O)C1. The molecule has 2 fully saturated rings. The van der Waals surface area contributed by atoms with Gasteiger partial charge in [0.15, 0.2) is 0 Å². The van der Waals surface area contributed by atoms with Gasteiger partial charge in [-0.15, -0.1) is 0 Å².